The standard InChI is InChI=1S/C24H24F6O3/c1-32-21(31)12-17-8-5-9-20(22(17)16-6-3-2-4-7-16)33-14-15-10-18(23(25,26)27)13-19(11-15)24(28,29)30/h2-4,6-7,10-11,13,17,20,22H,5,8-9,12,14H2,1H3. The summed E-state index contributed by atoms with van der Waals surface area (Å²) in [6.45, 7) is -0.411. The van der Waals surface area contributed by atoms with Gasteiger partial charge in [0, 0.05) is 12.3 Å². The molecule has 2 aromatic rings. The molecule has 180 valence electrons. The van der Waals surface area contributed by atoms with Crippen LogP contribution in [0.4, 0.5) is 26.3 Å². The molecule has 0 saturated heterocycles. The van der Waals surface area contributed by atoms with E-state index in [0.29, 0.717) is 25.0 Å². The molecule has 3 rings (SSSR count). The zero-order valence-corrected chi connectivity index (χ0v) is 17.9. The molecule has 0 spiro atoms. The van der Waals surface area contributed by atoms with Crippen molar-refractivity contribution in [2.24, 2.45) is 5.92 Å². The van der Waals surface area contributed by atoms with Crippen molar-refractivity contribution in [3.05, 3.63) is 70.8 Å². The maximum Gasteiger partial charge on any atom is 0.416 e. The molecule has 1 aliphatic carbocycles. The van der Waals surface area contributed by atoms with Crippen LogP contribution >= 0.6 is 0 Å². The van der Waals surface area contributed by atoms with Gasteiger partial charge in [-0.1, -0.05) is 36.8 Å². The van der Waals surface area contributed by atoms with Gasteiger partial charge in [-0.15, -0.1) is 0 Å². The molecule has 0 amide bonds. The smallest absolute Gasteiger partial charge is 0.416 e. The van der Waals surface area contributed by atoms with Gasteiger partial charge in [0.15, 0.2) is 0 Å². The van der Waals surface area contributed by atoms with Gasteiger partial charge in [0.25, 0.3) is 0 Å². The van der Waals surface area contributed by atoms with Crippen LogP contribution in [0.15, 0.2) is 48.5 Å². The second-order valence-corrected chi connectivity index (χ2v) is 8.17. The zero-order chi connectivity index (χ0) is 24.2. The molecule has 3 unspecified atom stereocenters. The van der Waals surface area contributed by atoms with Crippen LogP contribution in [0.25, 0.3) is 0 Å². The fourth-order valence-electron chi connectivity index (χ4n) is 4.43. The third kappa shape index (κ3) is 6.50. The summed E-state index contributed by atoms with van der Waals surface area (Å²) < 4.78 is 89.7. The number of hydrogen-bond acceptors (Lipinski definition) is 3. The van der Waals surface area contributed by atoms with E-state index in [9.17, 15) is 31.1 Å². The molecule has 0 heterocycles. The molecule has 0 radical (unpaired) electrons. The molecule has 2 aromatic carbocycles. The lowest BCUT2D eigenvalue weighted by Crippen LogP contribution is -2.34. The molecular weight excluding hydrogens is 450 g/mol. The lowest BCUT2D eigenvalue weighted by atomic mass is 9.72. The zero-order valence-electron chi connectivity index (χ0n) is 17.9. The van der Waals surface area contributed by atoms with E-state index in [1.165, 1.54) is 7.11 Å². The molecule has 33 heavy (non-hydrogen) atoms. The minimum atomic E-state index is -4.92. The Bertz CT molecular complexity index is 907. The Hall–Kier alpha value is -2.55. The molecule has 3 nitrogen and oxygen atoms in total. The number of halogens is 6. The molecule has 1 fully saturated rings. The van der Waals surface area contributed by atoms with Gasteiger partial charge in [-0.25, -0.2) is 0 Å². The number of alkyl halides is 6. The molecule has 3 atom stereocenters. The number of rotatable bonds is 6. The fraction of sp³-hybridized carbons (Fsp3) is 0.458. The van der Waals surface area contributed by atoms with Crippen molar-refractivity contribution >= 4 is 5.97 Å². The Morgan fingerprint density at radius 1 is 0.939 bits per heavy atom. The number of esters is 1. The number of methoxy groups -OCH3 is 1. The summed E-state index contributed by atoms with van der Waals surface area (Å²) in [4.78, 5) is 11.9. The summed E-state index contributed by atoms with van der Waals surface area (Å²) >= 11 is 0. The maximum atomic E-state index is 13.2. The number of hydrogen-bond donors (Lipinski definition) is 0. The van der Waals surface area contributed by atoms with Crippen LogP contribution in [0.3, 0.4) is 0 Å². The highest BCUT2D eigenvalue weighted by molar-refractivity contribution is 5.69. The van der Waals surface area contributed by atoms with E-state index in [1.807, 2.05) is 30.3 Å². The summed E-state index contributed by atoms with van der Waals surface area (Å²) in [5, 5.41) is 0. The SMILES string of the molecule is COC(=O)CC1CCCC(OCc2cc(C(F)(F)F)cc(C(F)(F)F)c2)C1c1ccccc1. The van der Waals surface area contributed by atoms with Gasteiger partial charge in [0.1, 0.15) is 0 Å². The van der Waals surface area contributed by atoms with Gasteiger partial charge in [-0.2, -0.15) is 26.3 Å². The molecule has 0 aliphatic heterocycles. The first-order valence-corrected chi connectivity index (χ1v) is 10.5. The molecule has 0 aromatic heterocycles. The molecule has 1 aliphatic rings. The number of carbonyl (C=O) groups excluding carboxylic acids is 1. The lowest BCUT2D eigenvalue weighted by molar-refractivity contribution is -0.144. The minimum absolute atomic E-state index is 0.100. The van der Waals surface area contributed by atoms with Crippen molar-refractivity contribution < 1.29 is 40.6 Å². The van der Waals surface area contributed by atoms with Gasteiger partial charge in [-0.05, 0) is 48.1 Å². The van der Waals surface area contributed by atoms with Crippen molar-refractivity contribution in [1.82, 2.24) is 0 Å². The van der Waals surface area contributed by atoms with E-state index >= 15 is 0 Å². The highest BCUT2D eigenvalue weighted by Gasteiger charge is 2.38. The predicted molar refractivity (Wildman–Crippen MR) is 108 cm³/mol. The largest absolute Gasteiger partial charge is 0.469 e. The van der Waals surface area contributed by atoms with E-state index in [-0.39, 0.29) is 35.9 Å². The Kier molecular flexibility index (Phi) is 7.72. The minimum Gasteiger partial charge on any atom is -0.469 e. The van der Waals surface area contributed by atoms with Crippen LogP contribution in [0.5, 0.6) is 0 Å². The normalized spacial score (nSPS) is 21.6. The number of ether oxygens (including phenoxy) is 2. The van der Waals surface area contributed by atoms with Crippen LogP contribution in [-0.4, -0.2) is 19.2 Å². The predicted octanol–water partition coefficient (Wildman–Crippen LogP) is 6.76. The van der Waals surface area contributed by atoms with Crippen LogP contribution in [-0.2, 0) is 33.2 Å². The third-order valence-electron chi connectivity index (χ3n) is 5.92. The fourth-order valence-corrected chi connectivity index (χ4v) is 4.43. The Balaban J connectivity index is 1.87. The van der Waals surface area contributed by atoms with Crippen LogP contribution in [0.2, 0.25) is 0 Å². The number of benzene rings is 2. The molecule has 1 saturated carbocycles. The van der Waals surface area contributed by atoms with E-state index in [0.717, 1.165) is 12.0 Å². The van der Waals surface area contributed by atoms with E-state index in [4.69, 9.17) is 9.47 Å². The van der Waals surface area contributed by atoms with Crippen LogP contribution in [0, 0.1) is 5.92 Å². The van der Waals surface area contributed by atoms with Crippen molar-refractivity contribution in [3.63, 3.8) is 0 Å². The van der Waals surface area contributed by atoms with Gasteiger partial charge >= 0.3 is 18.3 Å². The third-order valence-corrected chi connectivity index (χ3v) is 5.92. The van der Waals surface area contributed by atoms with Gasteiger partial charge in [0.2, 0.25) is 0 Å². The van der Waals surface area contributed by atoms with Crippen molar-refractivity contribution in [1.29, 1.82) is 0 Å². The summed E-state index contributed by atoms with van der Waals surface area (Å²) in [6, 6.07) is 10.7. The first-order valence-electron chi connectivity index (χ1n) is 10.5. The number of carbonyl (C=O) groups is 1. The first kappa shape index (κ1) is 25.1. The quantitative estimate of drug-likeness (QED) is 0.343. The van der Waals surface area contributed by atoms with Gasteiger partial charge in [0.05, 0.1) is 30.9 Å². The highest BCUT2D eigenvalue weighted by Crippen LogP contribution is 2.42. The lowest BCUT2D eigenvalue weighted by Gasteiger charge is -2.38. The van der Waals surface area contributed by atoms with Crippen molar-refractivity contribution in [2.45, 2.75) is 56.7 Å². The van der Waals surface area contributed by atoms with Crippen molar-refractivity contribution in [3.8, 4) is 0 Å². The Morgan fingerprint density at radius 3 is 2.09 bits per heavy atom. The molecule has 9 heteroatoms. The average molecular weight is 474 g/mol. The van der Waals surface area contributed by atoms with Crippen LogP contribution in [0.1, 0.15) is 53.9 Å². The first-order chi connectivity index (χ1) is 15.5. The Labute approximate surface area is 187 Å². The summed E-state index contributed by atoms with van der Waals surface area (Å²) in [5.41, 5.74) is -2.05. The van der Waals surface area contributed by atoms with E-state index in [2.05, 4.69) is 0 Å². The molecular formula is C24H24F6O3. The summed E-state index contributed by atoms with van der Waals surface area (Å²) in [7, 11) is 1.29. The maximum absolute atomic E-state index is 13.2. The second-order valence-electron chi connectivity index (χ2n) is 8.17. The van der Waals surface area contributed by atoms with E-state index in [1.54, 1.807) is 0 Å². The molecule has 0 bridgehead atoms. The van der Waals surface area contributed by atoms with E-state index < -0.39 is 36.2 Å². The molecule has 0 N–H and O–H groups in total. The van der Waals surface area contributed by atoms with Gasteiger partial charge < -0.3 is 9.47 Å². The second kappa shape index (κ2) is 10.2. The average Bonchev–Trinajstić information content (AvgIpc) is 2.77. The Morgan fingerprint density at radius 2 is 1.55 bits per heavy atom. The van der Waals surface area contributed by atoms with Crippen molar-refractivity contribution in [2.75, 3.05) is 7.11 Å². The monoisotopic (exact) mass is 474 g/mol. The summed E-state index contributed by atoms with van der Waals surface area (Å²) in [5.74, 6) is -0.743. The summed E-state index contributed by atoms with van der Waals surface area (Å²) in [6.07, 6.45) is -8.14. The topological polar surface area (TPSA) is 35.5 Å². The highest BCUT2D eigenvalue weighted by atomic mass is 19.4. The van der Waals surface area contributed by atoms with Crippen LogP contribution < -0.4 is 0 Å². The van der Waals surface area contributed by atoms with Gasteiger partial charge in [-0.3, -0.25) is 4.79 Å².